The van der Waals surface area contributed by atoms with Crippen LogP contribution in [0.4, 0.5) is 0 Å². The summed E-state index contributed by atoms with van der Waals surface area (Å²) < 4.78 is 32.3. The molecule has 3 heterocycles. The van der Waals surface area contributed by atoms with E-state index in [1.54, 1.807) is 17.2 Å². The third-order valence-corrected chi connectivity index (χ3v) is 7.66. The minimum atomic E-state index is -3.39. The highest BCUT2D eigenvalue weighted by molar-refractivity contribution is 7.89. The van der Waals surface area contributed by atoms with E-state index < -0.39 is 15.3 Å². The van der Waals surface area contributed by atoms with Crippen LogP contribution < -0.4 is 0 Å². The molecule has 0 aromatic carbocycles. The second-order valence-corrected chi connectivity index (χ2v) is 9.70. The van der Waals surface area contributed by atoms with Crippen LogP contribution in [0.15, 0.2) is 12.3 Å². The number of likely N-dealkylation sites (tertiary alicyclic amines) is 1. The maximum atomic E-state index is 12.8. The fourth-order valence-corrected chi connectivity index (χ4v) is 5.71. The van der Waals surface area contributed by atoms with Crippen molar-refractivity contribution in [2.45, 2.75) is 25.0 Å². The van der Waals surface area contributed by atoms with Crippen LogP contribution in [0.3, 0.4) is 0 Å². The van der Waals surface area contributed by atoms with Gasteiger partial charge in [0.05, 0.1) is 23.5 Å². The molecule has 0 radical (unpaired) electrons. The molecule has 3 rings (SSSR count). The summed E-state index contributed by atoms with van der Waals surface area (Å²) in [6, 6.07) is 0. The molecule has 0 spiro atoms. The number of ether oxygens (including phenoxy) is 1. The summed E-state index contributed by atoms with van der Waals surface area (Å²) in [5.74, 6) is -0.145. The molecular weight excluding hydrogens is 362 g/mol. The van der Waals surface area contributed by atoms with Crippen LogP contribution in [0.2, 0.25) is 0 Å². The Morgan fingerprint density at radius 2 is 2.12 bits per heavy atom. The normalized spacial score (nSPS) is 23.2. The average Bonchev–Trinajstić information content (AvgIpc) is 3.06. The summed E-state index contributed by atoms with van der Waals surface area (Å²) in [5.41, 5.74) is 0. The van der Waals surface area contributed by atoms with Crippen molar-refractivity contribution >= 4 is 33.3 Å². The topological polar surface area (TPSA) is 79.8 Å². The van der Waals surface area contributed by atoms with Crippen molar-refractivity contribution in [2.75, 3.05) is 39.4 Å². The standard InChI is InChI=1S/C16H23N3O4S2/c1-13-17-11-14(24-13)4-5-16(20)18-6-2-3-15(12-18)25(21,22)19-7-9-23-10-8-19/h4-5,11,15H,2-3,6-10,12H2,1H3. The van der Waals surface area contributed by atoms with Crippen LogP contribution in [0.1, 0.15) is 22.7 Å². The minimum Gasteiger partial charge on any atom is -0.379 e. The highest BCUT2D eigenvalue weighted by atomic mass is 32.2. The van der Waals surface area contributed by atoms with Gasteiger partial charge in [0.2, 0.25) is 15.9 Å². The highest BCUT2D eigenvalue weighted by Gasteiger charge is 2.36. The van der Waals surface area contributed by atoms with Gasteiger partial charge in [0.25, 0.3) is 0 Å². The summed E-state index contributed by atoms with van der Waals surface area (Å²) in [7, 11) is -3.39. The Hall–Kier alpha value is -1.29. The second kappa shape index (κ2) is 7.94. The van der Waals surface area contributed by atoms with Crippen molar-refractivity contribution in [2.24, 2.45) is 0 Å². The summed E-state index contributed by atoms with van der Waals surface area (Å²) in [6.07, 6.45) is 6.28. The summed E-state index contributed by atoms with van der Waals surface area (Å²) in [4.78, 5) is 19.1. The van der Waals surface area contributed by atoms with Gasteiger partial charge in [-0.1, -0.05) is 0 Å². The molecule has 1 aromatic rings. The molecule has 2 fully saturated rings. The quantitative estimate of drug-likeness (QED) is 0.726. The number of thiazole rings is 1. The Balaban J connectivity index is 1.64. The first kappa shape index (κ1) is 18.5. The predicted molar refractivity (Wildman–Crippen MR) is 96.8 cm³/mol. The molecule has 2 saturated heterocycles. The van der Waals surface area contributed by atoms with E-state index >= 15 is 0 Å². The van der Waals surface area contributed by atoms with E-state index in [9.17, 15) is 13.2 Å². The molecule has 1 unspecified atom stereocenters. The fourth-order valence-electron chi connectivity index (χ4n) is 3.11. The number of aryl methyl sites for hydroxylation is 1. The number of carbonyl (C=O) groups excluding carboxylic acids is 1. The van der Waals surface area contributed by atoms with Crippen LogP contribution in [0.5, 0.6) is 0 Å². The first-order valence-corrected chi connectivity index (χ1v) is 10.7. The Morgan fingerprint density at radius 3 is 2.80 bits per heavy atom. The maximum Gasteiger partial charge on any atom is 0.246 e. The Kier molecular flexibility index (Phi) is 5.88. The molecule has 0 saturated carbocycles. The van der Waals surface area contributed by atoms with Crippen molar-refractivity contribution in [3.05, 3.63) is 22.2 Å². The molecule has 0 bridgehead atoms. The molecule has 138 valence electrons. The zero-order valence-corrected chi connectivity index (χ0v) is 15.9. The van der Waals surface area contributed by atoms with Gasteiger partial charge in [-0.2, -0.15) is 4.31 Å². The molecule has 1 atom stereocenters. The highest BCUT2D eigenvalue weighted by Crippen LogP contribution is 2.22. The number of sulfonamides is 1. The number of morpholine rings is 1. The molecule has 7 nitrogen and oxygen atoms in total. The van der Waals surface area contributed by atoms with Gasteiger partial charge in [-0.25, -0.2) is 13.4 Å². The third kappa shape index (κ3) is 4.46. The van der Waals surface area contributed by atoms with Gasteiger partial charge < -0.3 is 9.64 Å². The van der Waals surface area contributed by atoms with Crippen molar-refractivity contribution < 1.29 is 17.9 Å². The molecule has 25 heavy (non-hydrogen) atoms. The van der Waals surface area contributed by atoms with E-state index in [1.807, 2.05) is 6.92 Å². The van der Waals surface area contributed by atoms with E-state index in [0.29, 0.717) is 45.7 Å². The van der Waals surface area contributed by atoms with Crippen LogP contribution in [-0.4, -0.2) is 73.2 Å². The second-order valence-electron chi connectivity index (χ2n) is 6.22. The molecule has 0 aliphatic carbocycles. The van der Waals surface area contributed by atoms with Gasteiger partial charge in [-0.3, -0.25) is 4.79 Å². The zero-order valence-electron chi connectivity index (χ0n) is 14.3. The molecule has 9 heteroatoms. The largest absolute Gasteiger partial charge is 0.379 e. The SMILES string of the molecule is Cc1ncc(C=CC(=O)N2CCCC(S(=O)(=O)N3CCOCC3)C2)s1. The van der Waals surface area contributed by atoms with E-state index in [4.69, 9.17) is 4.74 Å². The summed E-state index contributed by atoms with van der Waals surface area (Å²) in [5, 5.41) is 0.420. The lowest BCUT2D eigenvalue weighted by Gasteiger charge is -2.36. The molecule has 1 amide bonds. The lowest BCUT2D eigenvalue weighted by molar-refractivity contribution is -0.126. The number of carbonyl (C=O) groups is 1. The minimum absolute atomic E-state index is 0.145. The van der Waals surface area contributed by atoms with Crippen LogP contribution in [-0.2, 0) is 19.6 Å². The van der Waals surface area contributed by atoms with Crippen molar-refractivity contribution in [3.8, 4) is 0 Å². The van der Waals surface area contributed by atoms with Crippen molar-refractivity contribution in [1.82, 2.24) is 14.2 Å². The molecular formula is C16H23N3O4S2. The monoisotopic (exact) mass is 385 g/mol. The maximum absolute atomic E-state index is 12.8. The fraction of sp³-hybridized carbons (Fsp3) is 0.625. The zero-order chi connectivity index (χ0) is 17.9. The lowest BCUT2D eigenvalue weighted by Crippen LogP contribution is -2.51. The van der Waals surface area contributed by atoms with Gasteiger partial charge in [0.15, 0.2) is 0 Å². The number of nitrogens with zero attached hydrogens (tertiary/aromatic N) is 3. The predicted octanol–water partition coefficient (Wildman–Crippen LogP) is 1.12. The van der Waals surface area contributed by atoms with E-state index in [-0.39, 0.29) is 12.5 Å². The van der Waals surface area contributed by atoms with Crippen LogP contribution in [0, 0.1) is 6.92 Å². The number of rotatable bonds is 4. The van der Waals surface area contributed by atoms with Gasteiger partial charge in [0, 0.05) is 43.3 Å². The Bertz CT molecular complexity index is 738. The Morgan fingerprint density at radius 1 is 1.36 bits per heavy atom. The smallest absolute Gasteiger partial charge is 0.246 e. The summed E-state index contributed by atoms with van der Waals surface area (Å²) in [6.45, 7) is 4.44. The van der Waals surface area contributed by atoms with Gasteiger partial charge in [-0.05, 0) is 25.8 Å². The number of hydrogen-bond acceptors (Lipinski definition) is 6. The van der Waals surface area contributed by atoms with E-state index in [2.05, 4.69) is 4.98 Å². The number of amides is 1. The van der Waals surface area contributed by atoms with Crippen LogP contribution >= 0.6 is 11.3 Å². The van der Waals surface area contributed by atoms with E-state index in [0.717, 1.165) is 9.88 Å². The van der Waals surface area contributed by atoms with Crippen LogP contribution in [0.25, 0.3) is 6.08 Å². The van der Waals surface area contributed by atoms with Gasteiger partial charge >= 0.3 is 0 Å². The van der Waals surface area contributed by atoms with Crippen molar-refractivity contribution in [1.29, 1.82) is 0 Å². The molecule has 0 N–H and O–H groups in total. The van der Waals surface area contributed by atoms with Crippen molar-refractivity contribution in [3.63, 3.8) is 0 Å². The van der Waals surface area contributed by atoms with Gasteiger partial charge in [0.1, 0.15) is 0 Å². The average molecular weight is 386 g/mol. The first-order valence-electron chi connectivity index (χ1n) is 8.43. The molecule has 1 aromatic heterocycles. The van der Waals surface area contributed by atoms with Gasteiger partial charge in [-0.15, -0.1) is 11.3 Å². The molecule has 2 aliphatic heterocycles. The van der Waals surface area contributed by atoms with E-state index in [1.165, 1.54) is 21.7 Å². The molecule has 2 aliphatic rings. The third-order valence-electron chi connectivity index (χ3n) is 4.47. The summed E-state index contributed by atoms with van der Waals surface area (Å²) >= 11 is 1.52. The number of piperidine rings is 1. The number of hydrogen-bond donors (Lipinski definition) is 0. The number of aromatic nitrogens is 1. The first-order chi connectivity index (χ1) is 12.0. The lowest BCUT2D eigenvalue weighted by atomic mass is 10.1. The Labute approximate surface area is 152 Å².